The van der Waals surface area contributed by atoms with Gasteiger partial charge >= 0.3 is 0 Å². The van der Waals surface area contributed by atoms with E-state index < -0.39 is 5.82 Å². The Morgan fingerprint density at radius 1 is 1.21 bits per heavy atom. The molecular formula is C23H21FN6O3. The van der Waals surface area contributed by atoms with Gasteiger partial charge in [0.1, 0.15) is 0 Å². The zero-order valence-electron chi connectivity index (χ0n) is 18.1. The molecule has 1 atom stereocenters. The molecule has 0 spiro atoms. The number of aryl methyl sites for hydroxylation is 1. The molecule has 2 aromatic carbocycles. The number of para-hydroxylation sites is 1. The molecule has 0 saturated carbocycles. The molecule has 0 N–H and O–H groups in total. The van der Waals surface area contributed by atoms with Gasteiger partial charge in [-0.05, 0) is 49.6 Å². The molecule has 10 heteroatoms. The Morgan fingerprint density at radius 2 is 2.03 bits per heavy atom. The number of ether oxygens (including phenoxy) is 1. The van der Waals surface area contributed by atoms with Gasteiger partial charge in [-0.1, -0.05) is 17.3 Å². The first-order valence-corrected chi connectivity index (χ1v) is 10.5. The van der Waals surface area contributed by atoms with Crippen LogP contribution in [0.15, 0.2) is 53.3 Å². The maximum Gasteiger partial charge on any atom is 0.261 e. The minimum atomic E-state index is -0.522. The van der Waals surface area contributed by atoms with Crippen molar-refractivity contribution in [3.8, 4) is 22.9 Å². The second-order valence-corrected chi connectivity index (χ2v) is 7.77. The molecule has 1 aliphatic heterocycles. The van der Waals surface area contributed by atoms with E-state index in [0.717, 1.165) is 12.0 Å². The van der Waals surface area contributed by atoms with Crippen molar-refractivity contribution in [2.45, 2.75) is 25.8 Å². The van der Waals surface area contributed by atoms with Crippen molar-refractivity contribution in [1.82, 2.24) is 30.0 Å². The lowest BCUT2D eigenvalue weighted by atomic mass is 10.1. The van der Waals surface area contributed by atoms with Gasteiger partial charge in [-0.15, -0.1) is 0 Å². The largest absolute Gasteiger partial charge is 0.493 e. The summed E-state index contributed by atoms with van der Waals surface area (Å²) in [5.74, 6) is -0.153. The van der Waals surface area contributed by atoms with Crippen LogP contribution < -0.4 is 4.74 Å². The number of aromatic nitrogens is 5. The average Bonchev–Trinajstić information content (AvgIpc) is 3.60. The van der Waals surface area contributed by atoms with Crippen molar-refractivity contribution in [3.05, 3.63) is 71.6 Å². The van der Waals surface area contributed by atoms with Crippen LogP contribution in [0, 0.1) is 12.7 Å². The molecule has 3 heterocycles. The highest BCUT2D eigenvalue weighted by molar-refractivity contribution is 5.98. The Bertz CT molecular complexity index is 1300. The third-order valence-electron chi connectivity index (χ3n) is 5.67. The molecular weight excluding hydrogens is 427 g/mol. The summed E-state index contributed by atoms with van der Waals surface area (Å²) in [5.41, 5.74) is 2.44. The van der Waals surface area contributed by atoms with Crippen molar-refractivity contribution in [1.29, 1.82) is 0 Å². The van der Waals surface area contributed by atoms with Gasteiger partial charge in [0.05, 0.1) is 42.4 Å². The first-order chi connectivity index (χ1) is 16.1. The molecule has 1 fully saturated rings. The molecule has 2 aromatic heterocycles. The number of halogens is 1. The van der Waals surface area contributed by atoms with Crippen LogP contribution in [-0.2, 0) is 0 Å². The highest BCUT2D eigenvalue weighted by atomic mass is 19.1. The second-order valence-electron chi connectivity index (χ2n) is 7.77. The molecule has 33 heavy (non-hydrogen) atoms. The van der Waals surface area contributed by atoms with Gasteiger partial charge in [0.25, 0.3) is 11.8 Å². The van der Waals surface area contributed by atoms with Crippen molar-refractivity contribution in [2.75, 3.05) is 13.7 Å². The zero-order valence-corrected chi connectivity index (χ0v) is 18.1. The standard InChI is InChI=1S/C23H21FN6O3/c1-14-8-9-15(19(13-14)30-25-10-11-26-30)23(31)29-12-4-7-18(29)21-27-22(33-28-21)16-5-3-6-17(24)20(16)32-2/h3,5-6,8-11,13,18H,4,7,12H2,1-2H3. The van der Waals surface area contributed by atoms with E-state index in [1.54, 1.807) is 35.5 Å². The summed E-state index contributed by atoms with van der Waals surface area (Å²) >= 11 is 0. The van der Waals surface area contributed by atoms with E-state index in [-0.39, 0.29) is 23.6 Å². The second kappa shape index (κ2) is 8.45. The number of hydrogen-bond acceptors (Lipinski definition) is 7. The minimum Gasteiger partial charge on any atom is -0.493 e. The number of nitrogens with zero attached hydrogens (tertiary/aromatic N) is 6. The van der Waals surface area contributed by atoms with Crippen molar-refractivity contribution < 1.29 is 18.4 Å². The number of rotatable bonds is 5. The molecule has 0 radical (unpaired) electrons. The summed E-state index contributed by atoms with van der Waals surface area (Å²) in [6, 6.07) is 9.66. The molecule has 1 unspecified atom stereocenters. The number of carbonyl (C=O) groups is 1. The van der Waals surface area contributed by atoms with E-state index in [9.17, 15) is 9.18 Å². The number of methoxy groups -OCH3 is 1. The fraction of sp³-hybridized carbons (Fsp3) is 0.261. The normalized spacial score (nSPS) is 15.7. The quantitative estimate of drug-likeness (QED) is 0.458. The molecule has 168 valence electrons. The summed E-state index contributed by atoms with van der Waals surface area (Å²) in [7, 11) is 1.38. The Balaban J connectivity index is 1.47. The van der Waals surface area contributed by atoms with E-state index in [0.29, 0.717) is 35.6 Å². The summed E-state index contributed by atoms with van der Waals surface area (Å²) in [6.45, 7) is 2.50. The number of benzene rings is 2. The Labute approximate surface area is 188 Å². The fourth-order valence-electron chi connectivity index (χ4n) is 4.13. The first-order valence-electron chi connectivity index (χ1n) is 10.5. The van der Waals surface area contributed by atoms with Crippen molar-refractivity contribution in [2.24, 2.45) is 0 Å². The smallest absolute Gasteiger partial charge is 0.261 e. The van der Waals surface area contributed by atoms with Crippen LogP contribution in [0.25, 0.3) is 17.1 Å². The number of carbonyl (C=O) groups excluding carboxylic acids is 1. The molecule has 1 amide bonds. The van der Waals surface area contributed by atoms with Crippen LogP contribution in [0.1, 0.15) is 40.6 Å². The molecule has 1 aliphatic rings. The number of hydrogen-bond donors (Lipinski definition) is 0. The van der Waals surface area contributed by atoms with Gasteiger partial charge in [-0.25, -0.2) is 4.39 Å². The molecule has 1 saturated heterocycles. The van der Waals surface area contributed by atoms with Crippen LogP contribution in [0.4, 0.5) is 4.39 Å². The fourth-order valence-corrected chi connectivity index (χ4v) is 4.13. The zero-order chi connectivity index (χ0) is 22.9. The molecule has 5 rings (SSSR count). The molecule has 0 aliphatic carbocycles. The van der Waals surface area contributed by atoms with Crippen molar-refractivity contribution in [3.63, 3.8) is 0 Å². The SMILES string of the molecule is COc1c(F)cccc1-c1nc(C2CCCN2C(=O)c2ccc(C)cc2-n2nccn2)no1. The van der Waals surface area contributed by atoms with Gasteiger partial charge in [0.15, 0.2) is 17.4 Å². The summed E-state index contributed by atoms with van der Waals surface area (Å²) < 4.78 is 24.7. The number of likely N-dealkylation sites (tertiary alicyclic amines) is 1. The van der Waals surface area contributed by atoms with E-state index in [1.807, 2.05) is 19.1 Å². The van der Waals surface area contributed by atoms with Crippen LogP contribution in [-0.4, -0.2) is 49.6 Å². The Morgan fingerprint density at radius 3 is 2.82 bits per heavy atom. The van der Waals surface area contributed by atoms with Gasteiger partial charge in [0.2, 0.25) is 0 Å². The van der Waals surface area contributed by atoms with E-state index in [2.05, 4.69) is 20.3 Å². The monoisotopic (exact) mass is 448 g/mol. The topological polar surface area (TPSA) is 99.2 Å². The predicted molar refractivity (Wildman–Crippen MR) is 115 cm³/mol. The van der Waals surface area contributed by atoms with Gasteiger partial charge in [-0.2, -0.15) is 20.0 Å². The van der Waals surface area contributed by atoms with E-state index >= 15 is 0 Å². The summed E-state index contributed by atoms with van der Waals surface area (Å²) in [5, 5.41) is 12.5. The third kappa shape index (κ3) is 3.73. The lowest BCUT2D eigenvalue weighted by Gasteiger charge is -2.23. The van der Waals surface area contributed by atoms with Gasteiger partial charge in [0, 0.05) is 6.54 Å². The Hall–Kier alpha value is -4.08. The maximum atomic E-state index is 14.1. The molecule has 0 bridgehead atoms. The van der Waals surface area contributed by atoms with E-state index in [1.165, 1.54) is 18.0 Å². The highest BCUT2D eigenvalue weighted by Crippen LogP contribution is 2.36. The molecule has 4 aromatic rings. The van der Waals surface area contributed by atoms with Gasteiger partial charge in [-0.3, -0.25) is 4.79 Å². The Kier molecular flexibility index (Phi) is 5.33. The van der Waals surface area contributed by atoms with Gasteiger partial charge < -0.3 is 14.2 Å². The van der Waals surface area contributed by atoms with Crippen LogP contribution in [0.3, 0.4) is 0 Å². The summed E-state index contributed by atoms with van der Waals surface area (Å²) in [6.07, 6.45) is 4.62. The number of amides is 1. The lowest BCUT2D eigenvalue weighted by molar-refractivity contribution is 0.0728. The van der Waals surface area contributed by atoms with Crippen LogP contribution in [0.5, 0.6) is 5.75 Å². The molecule has 9 nitrogen and oxygen atoms in total. The average molecular weight is 448 g/mol. The van der Waals surface area contributed by atoms with E-state index in [4.69, 9.17) is 9.26 Å². The van der Waals surface area contributed by atoms with Crippen LogP contribution >= 0.6 is 0 Å². The maximum absolute atomic E-state index is 14.1. The third-order valence-corrected chi connectivity index (χ3v) is 5.67. The summed E-state index contributed by atoms with van der Waals surface area (Å²) in [4.78, 5) is 21.2. The first kappa shape index (κ1) is 20.8. The highest BCUT2D eigenvalue weighted by Gasteiger charge is 2.35. The van der Waals surface area contributed by atoms with Crippen molar-refractivity contribution >= 4 is 5.91 Å². The lowest BCUT2D eigenvalue weighted by Crippen LogP contribution is -2.32. The van der Waals surface area contributed by atoms with Crippen LogP contribution in [0.2, 0.25) is 0 Å². The predicted octanol–water partition coefficient (Wildman–Crippen LogP) is 3.75. The minimum absolute atomic E-state index is 0.0306.